The summed E-state index contributed by atoms with van der Waals surface area (Å²) in [7, 11) is 7.95. The van der Waals surface area contributed by atoms with Gasteiger partial charge in [-0.15, -0.1) is 0 Å². The molecule has 2 atom stereocenters. The minimum atomic E-state index is -0.833. The third-order valence-corrected chi connectivity index (χ3v) is 5.06. The van der Waals surface area contributed by atoms with E-state index >= 15 is 0 Å². The molecule has 1 aliphatic heterocycles. The van der Waals surface area contributed by atoms with Gasteiger partial charge in [0.15, 0.2) is 11.5 Å². The van der Waals surface area contributed by atoms with Crippen LogP contribution in [0.15, 0.2) is 18.2 Å². The number of rotatable bonds is 7. The van der Waals surface area contributed by atoms with E-state index in [1.165, 1.54) is 0 Å². The van der Waals surface area contributed by atoms with Gasteiger partial charge in [-0.2, -0.15) is 0 Å². The number of benzene rings is 1. The highest BCUT2D eigenvalue weighted by Gasteiger charge is 2.27. The Bertz CT molecular complexity index is 779. The SMILES string of the molecule is CC(=O)O.CC(=O)O.COc1cc(CNC(=O)[C@@H]2CC[C@H](N(C)C)CN(C)C2)ccc1OC(C)C. The number of hydrogen-bond donors (Lipinski definition) is 3. The molecule has 3 N–H and O–H groups in total. The van der Waals surface area contributed by atoms with Gasteiger partial charge in [0.2, 0.25) is 5.91 Å². The van der Waals surface area contributed by atoms with Gasteiger partial charge >= 0.3 is 0 Å². The van der Waals surface area contributed by atoms with Crippen LogP contribution in [0.5, 0.6) is 11.5 Å². The van der Waals surface area contributed by atoms with Crippen LogP contribution < -0.4 is 14.8 Å². The maximum atomic E-state index is 12.7. The van der Waals surface area contributed by atoms with E-state index < -0.39 is 11.9 Å². The van der Waals surface area contributed by atoms with Crippen LogP contribution in [0.2, 0.25) is 0 Å². The Morgan fingerprint density at radius 3 is 2.14 bits per heavy atom. The maximum Gasteiger partial charge on any atom is 0.300 e. The molecule has 200 valence electrons. The summed E-state index contributed by atoms with van der Waals surface area (Å²) in [6, 6.07) is 6.31. The van der Waals surface area contributed by atoms with Crippen LogP contribution in [0.25, 0.3) is 0 Å². The van der Waals surface area contributed by atoms with E-state index in [0.29, 0.717) is 18.3 Å². The van der Waals surface area contributed by atoms with Gasteiger partial charge < -0.3 is 34.8 Å². The number of carboxylic acids is 2. The van der Waals surface area contributed by atoms with Crippen molar-refractivity contribution in [3.8, 4) is 11.5 Å². The summed E-state index contributed by atoms with van der Waals surface area (Å²) >= 11 is 0. The molecule has 0 aliphatic carbocycles. The van der Waals surface area contributed by atoms with Crippen molar-refractivity contribution >= 4 is 17.8 Å². The van der Waals surface area contributed by atoms with Crippen LogP contribution in [0.3, 0.4) is 0 Å². The molecule has 10 nitrogen and oxygen atoms in total. The summed E-state index contributed by atoms with van der Waals surface area (Å²) in [5, 5.41) is 17.9. The second-order valence-electron chi connectivity index (χ2n) is 9.02. The van der Waals surface area contributed by atoms with Gasteiger partial charge in [0, 0.05) is 39.5 Å². The lowest BCUT2D eigenvalue weighted by atomic mass is 10.0. The molecule has 0 bridgehead atoms. The quantitative estimate of drug-likeness (QED) is 0.520. The molecule has 1 amide bonds. The Kier molecular flexibility index (Phi) is 15.4. The average Bonchev–Trinajstić information content (AvgIpc) is 2.93. The van der Waals surface area contributed by atoms with E-state index in [0.717, 1.165) is 51.1 Å². The minimum Gasteiger partial charge on any atom is -0.493 e. The summed E-state index contributed by atoms with van der Waals surface area (Å²) in [5.74, 6) is -0.0886. The van der Waals surface area contributed by atoms with Crippen molar-refractivity contribution in [1.29, 1.82) is 0 Å². The van der Waals surface area contributed by atoms with Gasteiger partial charge in [-0.1, -0.05) is 6.07 Å². The monoisotopic (exact) mass is 497 g/mol. The standard InChI is InChI=1S/C21H35N3O3.2C2H4O2/c1-15(2)27-19-10-7-16(11-20(19)26-6)12-22-21(25)17-8-9-18(23(3)4)14-24(5)13-17;2*1-2(3)4/h7,10-11,15,17-18H,8-9,12-14H2,1-6H3,(H,22,25);2*1H3,(H,3,4)/t17-,18+;;/m1../s1. The first kappa shape index (κ1) is 32.1. The summed E-state index contributed by atoms with van der Waals surface area (Å²) in [4.78, 5) is 35.2. The molecule has 0 aromatic heterocycles. The molecular weight excluding hydrogens is 454 g/mol. The molecule has 35 heavy (non-hydrogen) atoms. The van der Waals surface area contributed by atoms with E-state index in [9.17, 15) is 4.79 Å². The highest BCUT2D eigenvalue weighted by Crippen LogP contribution is 2.29. The smallest absolute Gasteiger partial charge is 0.300 e. The number of amides is 1. The van der Waals surface area contributed by atoms with Gasteiger partial charge in [0.25, 0.3) is 11.9 Å². The lowest BCUT2D eigenvalue weighted by Crippen LogP contribution is -2.39. The molecule has 0 unspecified atom stereocenters. The Morgan fingerprint density at radius 1 is 1.09 bits per heavy atom. The fraction of sp³-hybridized carbons (Fsp3) is 0.640. The predicted molar refractivity (Wildman–Crippen MR) is 135 cm³/mol. The molecule has 10 heteroatoms. The molecule has 0 saturated carbocycles. The predicted octanol–water partition coefficient (Wildman–Crippen LogP) is 2.55. The fourth-order valence-corrected chi connectivity index (χ4v) is 3.53. The number of likely N-dealkylation sites (N-methyl/N-ethyl adjacent to an activating group) is 2. The third kappa shape index (κ3) is 14.9. The zero-order valence-electron chi connectivity index (χ0n) is 22.3. The molecule has 1 heterocycles. The molecule has 1 aromatic rings. The van der Waals surface area contributed by atoms with E-state index in [1.54, 1.807) is 7.11 Å². The normalized spacial score (nSPS) is 17.8. The number of ether oxygens (including phenoxy) is 2. The van der Waals surface area contributed by atoms with Crippen molar-refractivity contribution in [2.75, 3.05) is 41.3 Å². The fourth-order valence-electron chi connectivity index (χ4n) is 3.53. The molecule has 0 spiro atoms. The molecule has 2 rings (SSSR count). The van der Waals surface area contributed by atoms with Crippen LogP contribution in [0, 0.1) is 5.92 Å². The lowest BCUT2D eigenvalue weighted by molar-refractivity contribution is -0.135. The van der Waals surface area contributed by atoms with Gasteiger partial charge in [0.1, 0.15) is 0 Å². The van der Waals surface area contributed by atoms with Gasteiger partial charge in [-0.25, -0.2) is 0 Å². The van der Waals surface area contributed by atoms with Crippen molar-refractivity contribution in [2.45, 2.75) is 59.2 Å². The van der Waals surface area contributed by atoms with E-state index in [2.05, 4.69) is 36.3 Å². The highest BCUT2D eigenvalue weighted by atomic mass is 16.5. The first-order valence-corrected chi connectivity index (χ1v) is 11.6. The van der Waals surface area contributed by atoms with Crippen molar-refractivity contribution in [2.24, 2.45) is 5.92 Å². The molecular formula is C25H43N3O7. The maximum absolute atomic E-state index is 12.7. The van der Waals surface area contributed by atoms with Gasteiger partial charge in [-0.05, 0) is 65.5 Å². The Hall–Kier alpha value is -2.85. The Labute approximate surface area is 209 Å². The summed E-state index contributed by atoms with van der Waals surface area (Å²) < 4.78 is 11.2. The number of hydrogen-bond acceptors (Lipinski definition) is 7. The van der Waals surface area contributed by atoms with E-state index in [4.69, 9.17) is 29.3 Å². The van der Waals surface area contributed by atoms with Crippen LogP contribution in [-0.2, 0) is 20.9 Å². The molecule has 1 fully saturated rings. The highest BCUT2D eigenvalue weighted by molar-refractivity contribution is 5.79. The number of nitrogens with zero attached hydrogens (tertiary/aromatic N) is 2. The number of carboxylic acid groups (broad SMARTS) is 2. The number of methoxy groups -OCH3 is 1. The first-order chi connectivity index (χ1) is 16.3. The zero-order chi connectivity index (χ0) is 27.1. The summed E-state index contributed by atoms with van der Waals surface area (Å²) in [6.07, 6.45) is 2.05. The third-order valence-electron chi connectivity index (χ3n) is 5.06. The topological polar surface area (TPSA) is 129 Å². The van der Waals surface area contributed by atoms with Crippen molar-refractivity contribution in [3.63, 3.8) is 0 Å². The van der Waals surface area contributed by atoms with Crippen LogP contribution >= 0.6 is 0 Å². The molecule has 1 aliphatic rings. The molecule has 0 radical (unpaired) electrons. The van der Waals surface area contributed by atoms with Crippen LogP contribution in [0.4, 0.5) is 0 Å². The summed E-state index contributed by atoms with van der Waals surface area (Å²) in [6.45, 7) is 8.44. The lowest BCUT2D eigenvalue weighted by Gasteiger charge is -2.25. The Morgan fingerprint density at radius 2 is 1.66 bits per heavy atom. The minimum absolute atomic E-state index is 0.0328. The van der Waals surface area contributed by atoms with Crippen LogP contribution in [0.1, 0.15) is 46.1 Å². The second-order valence-corrected chi connectivity index (χ2v) is 9.02. The van der Waals surface area contributed by atoms with Crippen molar-refractivity contribution in [3.05, 3.63) is 23.8 Å². The number of carbonyl (C=O) groups is 3. The van der Waals surface area contributed by atoms with E-state index in [1.807, 2.05) is 32.0 Å². The molecule has 1 saturated heterocycles. The zero-order valence-corrected chi connectivity index (χ0v) is 22.3. The first-order valence-electron chi connectivity index (χ1n) is 11.6. The molecule has 1 aromatic carbocycles. The number of aliphatic carboxylic acids is 2. The summed E-state index contributed by atoms with van der Waals surface area (Å²) in [5.41, 5.74) is 1.00. The Balaban J connectivity index is 0.00000126. The van der Waals surface area contributed by atoms with E-state index in [-0.39, 0.29) is 17.9 Å². The van der Waals surface area contributed by atoms with Crippen molar-refractivity contribution < 1.29 is 34.1 Å². The average molecular weight is 498 g/mol. The second kappa shape index (κ2) is 16.7. The number of likely N-dealkylation sites (tertiary alicyclic amines) is 1. The number of nitrogens with one attached hydrogen (secondary N) is 1. The van der Waals surface area contributed by atoms with Crippen molar-refractivity contribution in [1.82, 2.24) is 15.1 Å². The van der Waals surface area contributed by atoms with Crippen LogP contribution in [-0.4, -0.2) is 91.3 Å². The largest absolute Gasteiger partial charge is 0.493 e. The number of carbonyl (C=O) groups excluding carboxylic acids is 1. The van der Waals surface area contributed by atoms with Gasteiger partial charge in [-0.3, -0.25) is 14.4 Å². The van der Waals surface area contributed by atoms with Gasteiger partial charge in [0.05, 0.1) is 19.1 Å².